The number of anilines is 1. The van der Waals surface area contributed by atoms with Gasteiger partial charge in [0.25, 0.3) is 0 Å². The molecule has 0 spiro atoms. The van der Waals surface area contributed by atoms with Crippen LogP contribution in [-0.4, -0.2) is 20.6 Å². The fourth-order valence-electron chi connectivity index (χ4n) is 1.18. The molecule has 1 aromatic heterocycles. The highest BCUT2D eigenvalue weighted by atomic mass is 35.5. The molecule has 0 bridgehead atoms. The van der Waals surface area contributed by atoms with Gasteiger partial charge in [0.1, 0.15) is 17.5 Å². The fourth-order valence-corrected chi connectivity index (χ4v) is 1.34. The maximum atomic E-state index is 13.4. The quantitative estimate of drug-likeness (QED) is 0.827. The average molecular weight is 265 g/mol. The molecule has 90 valence electrons. The first-order valence-electron chi connectivity index (χ1n) is 4.76. The molecule has 2 aromatic rings. The first-order valence-corrected chi connectivity index (χ1v) is 5.14. The van der Waals surface area contributed by atoms with E-state index in [1.807, 2.05) is 6.07 Å². The number of aromatic amines is 1. The number of halogens is 2. The van der Waals surface area contributed by atoms with Crippen molar-refractivity contribution in [2.75, 3.05) is 5.32 Å². The molecule has 0 aliphatic carbocycles. The van der Waals surface area contributed by atoms with E-state index in [4.69, 9.17) is 16.9 Å². The van der Waals surface area contributed by atoms with Crippen LogP contribution in [0.4, 0.5) is 10.1 Å². The molecule has 2 rings (SSSR count). The molecular weight excluding hydrogens is 259 g/mol. The second-order valence-electron chi connectivity index (χ2n) is 3.17. The van der Waals surface area contributed by atoms with E-state index < -0.39 is 5.82 Å². The molecule has 0 aliphatic rings. The molecule has 0 saturated heterocycles. The van der Waals surface area contributed by atoms with Gasteiger partial charge >= 0.3 is 0 Å². The molecule has 1 aromatic carbocycles. The molecule has 0 saturated carbocycles. The molecule has 0 atom stereocenters. The van der Waals surface area contributed by atoms with Gasteiger partial charge in [0.2, 0.25) is 5.82 Å². The van der Waals surface area contributed by atoms with Crippen LogP contribution in [0.5, 0.6) is 0 Å². The van der Waals surface area contributed by atoms with E-state index in [1.165, 1.54) is 18.3 Å². The number of hydrogen-bond donors (Lipinski definition) is 2. The first kappa shape index (κ1) is 12.0. The molecule has 0 amide bonds. The SMILES string of the molecule is N#CC(=CNc1ccc(Cl)cc1F)c1nn[nH]n1. The number of nitrogens with one attached hydrogen (secondary N) is 2. The van der Waals surface area contributed by atoms with E-state index >= 15 is 0 Å². The zero-order valence-electron chi connectivity index (χ0n) is 8.85. The zero-order chi connectivity index (χ0) is 13.0. The third-order valence-electron chi connectivity index (χ3n) is 2.01. The van der Waals surface area contributed by atoms with Gasteiger partial charge in [-0.05, 0) is 23.4 Å². The van der Waals surface area contributed by atoms with Gasteiger partial charge in [-0.15, -0.1) is 10.2 Å². The Morgan fingerprint density at radius 3 is 3.00 bits per heavy atom. The molecular formula is C10H6ClFN6. The Labute approximate surface area is 106 Å². The zero-order valence-corrected chi connectivity index (χ0v) is 9.61. The number of rotatable bonds is 3. The summed E-state index contributed by atoms with van der Waals surface area (Å²) in [5.74, 6) is -0.400. The smallest absolute Gasteiger partial charge is 0.216 e. The number of hydrogen-bond acceptors (Lipinski definition) is 5. The van der Waals surface area contributed by atoms with E-state index in [9.17, 15) is 4.39 Å². The van der Waals surface area contributed by atoms with Crippen molar-refractivity contribution in [2.24, 2.45) is 0 Å². The molecule has 0 unspecified atom stereocenters. The van der Waals surface area contributed by atoms with Gasteiger partial charge in [0.15, 0.2) is 0 Å². The van der Waals surface area contributed by atoms with Gasteiger partial charge in [-0.1, -0.05) is 11.6 Å². The summed E-state index contributed by atoms with van der Waals surface area (Å²) < 4.78 is 13.4. The highest BCUT2D eigenvalue weighted by molar-refractivity contribution is 6.30. The van der Waals surface area contributed by atoms with Crippen LogP contribution >= 0.6 is 11.6 Å². The number of nitrogens with zero attached hydrogens (tertiary/aromatic N) is 4. The van der Waals surface area contributed by atoms with Crippen molar-refractivity contribution < 1.29 is 4.39 Å². The first-order chi connectivity index (χ1) is 8.70. The largest absolute Gasteiger partial charge is 0.358 e. The Kier molecular flexibility index (Phi) is 3.50. The van der Waals surface area contributed by atoms with E-state index in [-0.39, 0.29) is 17.1 Å². The molecule has 0 radical (unpaired) electrons. The second kappa shape index (κ2) is 5.25. The van der Waals surface area contributed by atoms with Crippen molar-refractivity contribution >= 4 is 22.9 Å². The summed E-state index contributed by atoms with van der Waals surface area (Å²) >= 11 is 5.62. The summed E-state index contributed by atoms with van der Waals surface area (Å²) in [6.45, 7) is 0. The van der Waals surface area contributed by atoms with Crippen LogP contribution in [0.2, 0.25) is 5.02 Å². The van der Waals surface area contributed by atoms with E-state index in [2.05, 4.69) is 25.9 Å². The Hall–Kier alpha value is -2.46. The van der Waals surface area contributed by atoms with E-state index in [1.54, 1.807) is 0 Å². The topological polar surface area (TPSA) is 90.3 Å². The lowest BCUT2D eigenvalue weighted by Crippen LogP contribution is -1.95. The lowest BCUT2D eigenvalue weighted by Gasteiger charge is -2.02. The molecule has 6 nitrogen and oxygen atoms in total. The third kappa shape index (κ3) is 2.61. The number of benzene rings is 1. The number of aromatic nitrogens is 4. The van der Waals surface area contributed by atoms with Gasteiger partial charge in [-0.2, -0.15) is 10.5 Å². The summed E-state index contributed by atoms with van der Waals surface area (Å²) in [6, 6.07) is 6.02. The van der Waals surface area contributed by atoms with Gasteiger partial charge in [-0.25, -0.2) is 4.39 Å². The molecule has 0 fully saturated rings. The molecule has 0 aliphatic heterocycles. The summed E-state index contributed by atoms with van der Waals surface area (Å²) in [7, 11) is 0. The van der Waals surface area contributed by atoms with Crippen LogP contribution < -0.4 is 5.32 Å². The van der Waals surface area contributed by atoms with Gasteiger partial charge in [0.05, 0.1) is 5.69 Å². The predicted octanol–water partition coefficient (Wildman–Crippen LogP) is 1.97. The van der Waals surface area contributed by atoms with Crippen molar-refractivity contribution in [3.8, 4) is 6.07 Å². The minimum Gasteiger partial charge on any atom is -0.358 e. The molecule has 8 heteroatoms. The minimum atomic E-state index is -0.524. The lowest BCUT2D eigenvalue weighted by molar-refractivity contribution is 0.632. The standard InChI is InChI=1S/C10H6ClFN6/c11-7-1-2-9(8(12)3-7)14-5-6(4-13)10-15-17-18-16-10/h1-3,5,14H,(H,15,16,17,18). The van der Waals surface area contributed by atoms with Gasteiger partial charge in [0, 0.05) is 11.2 Å². The summed E-state index contributed by atoms with van der Waals surface area (Å²) in [5, 5.41) is 24.7. The maximum absolute atomic E-state index is 13.4. The normalized spacial score (nSPS) is 11.1. The van der Waals surface area contributed by atoms with Crippen LogP contribution in [0.15, 0.2) is 24.4 Å². The summed E-state index contributed by atoms with van der Waals surface area (Å²) in [5.41, 5.74) is 0.314. The van der Waals surface area contributed by atoms with Crippen molar-refractivity contribution in [2.45, 2.75) is 0 Å². The Balaban J connectivity index is 2.22. The second-order valence-corrected chi connectivity index (χ2v) is 3.61. The van der Waals surface area contributed by atoms with Crippen LogP contribution in [0, 0.1) is 17.1 Å². The number of tetrazole rings is 1. The van der Waals surface area contributed by atoms with Crippen molar-refractivity contribution in [1.82, 2.24) is 20.6 Å². The number of H-pyrrole nitrogens is 1. The average Bonchev–Trinajstić information content (AvgIpc) is 2.86. The van der Waals surface area contributed by atoms with Crippen molar-refractivity contribution in [1.29, 1.82) is 5.26 Å². The summed E-state index contributed by atoms with van der Waals surface area (Å²) in [4.78, 5) is 0. The summed E-state index contributed by atoms with van der Waals surface area (Å²) in [6.07, 6.45) is 1.29. The lowest BCUT2D eigenvalue weighted by atomic mass is 10.3. The van der Waals surface area contributed by atoms with Crippen LogP contribution in [0.3, 0.4) is 0 Å². The van der Waals surface area contributed by atoms with Crippen molar-refractivity contribution in [3.05, 3.63) is 41.1 Å². The maximum Gasteiger partial charge on any atom is 0.216 e. The molecule has 18 heavy (non-hydrogen) atoms. The number of nitriles is 1. The van der Waals surface area contributed by atoms with Crippen LogP contribution in [0.25, 0.3) is 5.57 Å². The van der Waals surface area contributed by atoms with Crippen LogP contribution in [0.1, 0.15) is 5.82 Å². The van der Waals surface area contributed by atoms with E-state index in [0.29, 0.717) is 5.02 Å². The van der Waals surface area contributed by atoms with Gasteiger partial charge in [-0.3, -0.25) is 0 Å². The predicted molar refractivity (Wildman–Crippen MR) is 62.8 cm³/mol. The van der Waals surface area contributed by atoms with Crippen LogP contribution in [-0.2, 0) is 0 Å². The minimum absolute atomic E-state index is 0.123. The molecule has 1 heterocycles. The third-order valence-corrected chi connectivity index (χ3v) is 2.24. The molecule has 2 N–H and O–H groups in total. The van der Waals surface area contributed by atoms with Crippen molar-refractivity contribution in [3.63, 3.8) is 0 Å². The Morgan fingerprint density at radius 2 is 2.39 bits per heavy atom. The van der Waals surface area contributed by atoms with E-state index in [0.717, 1.165) is 6.07 Å². The number of allylic oxidation sites excluding steroid dienone is 1. The fraction of sp³-hybridized carbons (Fsp3) is 0. The monoisotopic (exact) mass is 264 g/mol. The Bertz CT molecular complexity index is 616. The highest BCUT2D eigenvalue weighted by Gasteiger charge is 2.06. The Morgan fingerprint density at radius 1 is 1.56 bits per heavy atom. The van der Waals surface area contributed by atoms with Gasteiger partial charge < -0.3 is 5.32 Å². The highest BCUT2D eigenvalue weighted by Crippen LogP contribution is 2.19.